The maximum atomic E-state index is 12.1. The average Bonchev–Trinajstić information content (AvgIpc) is 2.59. The van der Waals surface area contributed by atoms with E-state index < -0.39 is 30.4 Å². The van der Waals surface area contributed by atoms with Gasteiger partial charge in [-0.15, -0.1) is 0 Å². The molecular weight excluding hydrogens is 288 g/mol. The van der Waals surface area contributed by atoms with Crippen LogP contribution in [0.25, 0.3) is 0 Å². The zero-order valence-electron chi connectivity index (χ0n) is 12.5. The second-order valence-electron chi connectivity index (χ2n) is 5.34. The van der Waals surface area contributed by atoms with Crippen LogP contribution < -0.4 is 0 Å². The molecule has 1 fully saturated rings. The Hall–Kier alpha value is -2.70. The molecule has 1 aliphatic heterocycles. The van der Waals surface area contributed by atoms with Crippen molar-refractivity contribution in [1.82, 2.24) is 9.80 Å². The third-order valence-corrected chi connectivity index (χ3v) is 3.59. The zero-order valence-corrected chi connectivity index (χ0v) is 12.5. The predicted molar refractivity (Wildman–Crippen MR) is 75.9 cm³/mol. The van der Waals surface area contributed by atoms with Crippen LogP contribution in [-0.2, 0) is 20.9 Å². The summed E-state index contributed by atoms with van der Waals surface area (Å²) in [4.78, 5) is 47.7. The number of urea groups is 1. The Kier molecular flexibility index (Phi) is 3.99. The molecule has 0 spiro atoms. The molecule has 1 heterocycles. The molecule has 0 radical (unpaired) electrons. The van der Waals surface area contributed by atoms with E-state index in [4.69, 9.17) is 5.11 Å². The number of benzene rings is 1. The summed E-state index contributed by atoms with van der Waals surface area (Å²) in [5.41, 5.74) is 3.64. The first kappa shape index (κ1) is 15.7. The van der Waals surface area contributed by atoms with Crippen LogP contribution >= 0.6 is 0 Å². The molecule has 7 heteroatoms. The van der Waals surface area contributed by atoms with E-state index in [0.717, 1.165) is 27.2 Å². The SMILES string of the molecule is Cc1cc(C)c(CN2C(=O)C(=O)N(CC(=O)O)C2=O)c(C)c1. The Morgan fingerprint density at radius 3 is 2.00 bits per heavy atom. The lowest BCUT2D eigenvalue weighted by atomic mass is 9.99. The Bertz CT molecular complexity index is 672. The lowest BCUT2D eigenvalue weighted by Gasteiger charge is -2.17. The molecular formula is C15H16N2O5. The molecule has 22 heavy (non-hydrogen) atoms. The molecule has 7 nitrogen and oxygen atoms in total. The summed E-state index contributed by atoms with van der Waals surface area (Å²) in [5, 5.41) is 8.71. The number of amides is 4. The van der Waals surface area contributed by atoms with E-state index in [-0.39, 0.29) is 6.54 Å². The molecule has 0 saturated carbocycles. The number of aliphatic carboxylic acids is 1. The Balaban J connectivity index is 2.31. The minimum Gasteiger partial charge on any atom is -0.480 e. The van der Waals surface area contributed by atoms with Crippen LogP contribution in [0.5, 0.6) is 0 Å². The summed E-state index contributed by atoms with van der Waals surface area (Å²) in [7, 11) is 0. The maximum absolute atomic E-state index is 12.1. The standard InChI is InChI=1S/C15H16N2O5/c1-8-4-9(2)11(10(3)5-8)6-16-13(20)14(21)17(15(16)22)7-12(18)19/h4-5H,6-7H2,1-3H3,(H,18,19). The molecule has 1 aliphatic rings. The van der Waals surface area contributed by atoms with Gasteiger partial charge in [-0.2, -0.15) is 0 Å². The van der Waals surface area contributed by atoms with Crippen molar-refractivity contribution in [3.05, 3.63) is 34.4 Å². The molecule has 1 saturated heterocycles. The monoisotopic (exact) mass is 304 g/mol. The number of carbonyl (C=O) groups is 4. The number of carboxylic acid groups (broad SMARTS) is 1. The highest BCUT2D eigenvalue weighted by Crippen LogP contribution is 2.22. The van der Waals surface area contributed by atoms with Crippen molar-refractivity contribution in [2.75, 3.05) is 6.54 Å². The molecule has 1 aromatic carbocycles. The van der Waals surface area contributed by atoms with Gasteiger partial charge in [-0.25, -0.2) is 9.69 Å². The van der Waals surface area contributed by atoms with Crippen LogP contribution in [0, 0.1) is 20.8 Å². The maximum Gasteiger partial charge on any atom is 0.335 e. The average molecular weight is 304 g/mol. The fourth-order valence-electron chi connectivity index (χ4n) is 2.58. The third kappa shape index (κ3) is 2.69. The van der Waals surface area contributed by atoms with E-state index in [1.165, 1.54) is 0 Å². The van der Waals surface area contributed by atoms with E-state index in [2.05, 4.69) is 0 Å². The Morgan fingerprint density at radius 1 is 1.00 bits per heavy atom. The van der Waals surface area contributed by atoms with Crippen molar-refractivity contribution < 1.29 is 24.3 Å². The largest absolute Gasteiger partial charge is 0.480 e. The highest BCUT2D eigenvalue weighted by molar-refractivity contribution is 6.44. The first-order chi connectivity index (χ1) is 10.2. The van der Waals surface area contributed by atoms with Gasteiger partial charge in [-0.3, -0.25) is 19.3 Å². The molecule has 0 atom stereocenters. The summed E-state index contributed by atoms with van der Waals surface area (Å²) in [6, 6.07) is 2.95. The lowest BCUT2D eigenvalue weighted by molar-refractivity contribution is -0.146. The highest BCUT2D eigenvalue weighted by atomic mass is 16.4. The molecule has 0 aromatic heterocycles. The van der Waals surface area contributed by atoms with Gasteiger partial charge < -0.3 is 5.11 Å². The topological polar surface area (TPSA) is 95.0 Å². The Morgan fingerprint density at radius 2 is 1.50 bits per heavy atom. The summed E-state index contributed by atoms with van der Waals surface area (Å²) in [6.45, 7) is 4.80. The molecule has 1 N–H and O–H groups in total. The summed E-state index contributed by atoms with van der Waals surface area (Å²) >= 11 is 0. The van der Waals surface area contributed by atoms with E-state index >= 15 is 0 Å². The van der Waals surface area contributed by atoms with E-state index in [9.17, 15) is 19.2 Å². The molecule has 0 bridgehead atoms. The summed E-state index contributed by atoms with van der Waals surface area (Å²) < 4.78 is 0. The van der Waals surface area contributed by atoms with Crippen molar-refractivity contribution in [2.45, 2.75) is 27.3 Å². The fraction of sp³-hybridized carbons (Fsp3) is 0.333. The van der Waals surface area contributed by atoms with Crippen LogP contribution in [0.4, 0.5) is 4.79 Å². The van der Waals surface area contributed by atoms with Crippen molar-refractivity contribution in [1.29, 1.82) is 0 Å². The van der Waals surface area contributed by atoms with Crippen LogP contribution in [0.1, 0.15) is 22.3 Å². The number of aryl methyl sites for hydroxylation is 3. The lowest BCUT2D eigenvalue weighted by Crippen LogP contribution is -2.36. The first-order valence-electron chi connectivity index (χ1n) is 6.68. The van der Waals surface area contributed by atoms with Gasteiger partial charge in [0.1, 0.15) is 6.54 Å². The molecule has 116 valence electrons. The van der Waals surface area contributed by atoms with Crippen molar-refractivity contribution in [3.63, 3.8) is 0 Å². The van der Waals surface area contributed by atoms with Crippen molar-refractivity contribution >= 4 is 23.8 Å². The van der Waals surface area contributed by atoms with Crippen LogP contribution in [0.15, 0.2) is 12.1 Å². The van der Waals surface area contributed by atoms with Crippen LogP contribution in [-0.4, -0.2) is 45.3 Å². The minimum atomic E-state index is -1.35. The van der Waals surface area contributed by atoms with Gasteiger partial charge in [-0.05, 0) is 37.5 Å². The number of nitrogens with zero attached hydrogens (tertiary/aromatic N) is 2. The fourth-order valence-corrected chi connectivity index (χ4v) is 2.58. The van der Waals surface area contributed by atoms with E-state index in [0.29, 0.717) is 4.90 Å². The number of hydrogen-bond acceptors (Lipinski definition) is 4. The number of rotatable bonds is 4. The molecule has 0 unspecified atom stereocenters. The first-order valence-corrected chi connectivity index (χ1v) is 6.68. The minimum absolute atomic E-state index is 0.0442. The second-order valence-corrected chi connectivity index (χ2v) is 5.34. The molecule has 2 rings (SSSR count). The third-order valence-electron chi connectivity index (χ3n) is 3.59. The molecule has 1 aromatic rings. The Labute approximate surface area is 127 Å². The number of carboxylic acids is 1. The quantitative estimate of drug-likeness (QED) is 0.661. The smallest absolute Gasteiger partial charge is 0.335 e. The van der Waals surface area contributed by atoms with Gasteiger partial charge in [0.25, 0.3) is 0 Å². The van der Waals surface area contributed by atoms with Crippen molar-refractivity contribution in [3.8, 4) is 0 Å². The molecule has 0 aliphatic carbocycles. The summed E-state index contributed by atoms with van der Waals surface area (Å²) in [5.74, 6) is -3.44. The normalized spacial score (nSPS) is 15.0. The highest BCUT2D eigenvalue weighted by Gasteiger charge is 2.45. The van der Waals surface area contributed by atoms with Gasteiger partial charge in [0.2, 0.25) is 0 Å². The summed E-state index contributed by atoms with van der Waals surface area (Å²) in [6.07, 6.45) is 0. The van der Waals surface area contributed by atoms with Gasteiger partial charge in [0.15, 0.2) is 0 Å². The number of imide groups is 2. The van der Waals surface area contributed by atoms with E-state index in [1.54, 1.807) is 0 Å². The van der Waals surface area contributed by atoms with E-state index in [1.807, 2.05) is 32.9 Å². The van der Waals surface area contributed by atoms with Gasteiger partial charge in [0, 0.05) is 0 Å². The predicted octanol–water partition coefficient (Wildman–Crippen LogP) is 0.987. The van der Waals surface area contributed by atoms with Gasteiger partial charge in [-0.1, -0.05) is 17.7 Å². The second kappa shape index (κ2) is 5.59. The van der Waals surface area contributed by atoms with Gasteiger partial charge >= 0.3 is 23.8 Å². The van der Waals surface area contributed by atoms with Crippen LogP contribution in [0.3, 0.4) is 0 Å². The number of hydrogen-bond donors (Lipinski definition) is 1. The van der Waals surface area contributed by atoms with Crippen molar-refractivity contribution in [2.24, 2.45) is 0 Å². The molecule has 4 amide bonds. The van der Waals surface area contributed by atoms with Gasteiger partial charge in [0.05, 0.1) is 6.54 Å². The number of carbonyl (C=O) groups excluding carboxylic acids is 3. The zero-order chi connectivity index (χ0) is 16.6. The van der Waals surface area contributed by atoms with Crippen LogP contribution in [0.2, 0.25) is 0 Å².